The Kier molecular flexibility index (Phi) is 7.06. The van der Waals surface area contributed by atoms with E-state index in [4.69, 9.17) is 4.74 Å². The van der Waals surface area contributed by atoms with Crippen LogP contribution in [-0.4, -0.2) is 25.9 Å². The van der Waals surface area contributed by atoms with E-state index in [0.717, 1.165) is 0 Å². The van der Waals surface area contributed by atoms with Crippen LogP contribution in [0.15, 0.2) is 16.7 Å². The minimum Gasteiger partial charge on any atom is -0.598 e. The first-order valence-corrected chi connectivity index (χ1v) is 9.82. The lowest BCUT2D eigenvalue weighted by molar-refractivity contribution is -0.156. The summed E-state index contributed by atoms with van der Waals surface area (Å²) in [5.74, 6) is -1.12. The minimum absolute atomic E-state index is 0.00494. The van der Waals surface area contributed by atoms with Gasteiger partial charge in [0.25, 0.3) is 0 Å². The van der Waals surface area contributed by atoms with Crippen LogP contribution in [0.1, 0.15) is 60.6 Å². The summed E-state index contributed by atoms with van der Waals surface area (Å²) >= 11 is 1.67. The Morgan fingerprint density at radius 3 is 2.32 bits per heavy atom. The van der Waals surface area contributed by atoms with Gasteiger partial charge in [0.1, 0.15) is 32.0 Å². The Morgan fingerprint density at radius 2 is 1.84 bits per heavy atom. The number of hydrogen-bond donors (Lipinski definition) is 1. The van der Waals surface area contributed by atoms with Crippen LogP contribution in [0.3, 0.4) is 0 Å². The number of ether oxygens (including phenoxy) is 1. The molecule has 142 valence electrons. The number of nitrogens with zero attached hydrogens (tertiary/aromatic N) is 1. The topological polar surface area (TPSA) is 74.3 Å². The molecule has 1 aromatic heterocycles. The molecule has 0 aliphatic rings. The number of aromatic nitrogens is 1. The van der Waals surface area contributed by atoms with E-state index in [0.29, 0.717) is 4.60 Å². The lowest BCUT2D eigenvalue weighted by Crippen LogP contribution is -2.52. The van der Waals surface area contributed by atoms with E-state index in [2.05, 4.69) is 25.6 Å². The summed E-state index contributed by atoms with van der Waals surface area (Å²) in [7, 11) is 0. The molecule has 5 nitrogen and oxygen atoms in total. The van der Waals surface area contributed by atoms with Crippen molar-refractivity contribution in [2.45, 2.75) is 70.8 Å². The summed E-state index contributed by atoms with van der Waals surface area (Å²) < 4.78 is 35.1. The highest BCUT2D eigenvalue weighted by Crippen LogP contribution is 2.31. The highest BCUT2D eigenvalue weighted by molar-refractivity contribution is 9.10. The summed E-state index contributed by atoms with van der Waals surface area (Å²) in [6.45, 7) is 12.2. The molecular weight excluding hydrogens is 411 g/mol. The largest absolute Gasteiger partial charge is 0.598 e. The summed E-state index contributed by atoms with van der Waals surface area (Å²) in [5.41, 5.74) is -1.97. The molecule has 0 saturated heterocycles. The van der Waals surface area contributed by atoms with Gasteiger partial charge in [-0.3, -0.25) is 4.79 Å². The maximum Gasteiger partial charge on any atom is 0.308 e. The van der Waals surface area contributed by atoms with Gasteiger partial charge >= 0.3 is 5.97 Å². The molecule has 0 spiro atoms. The van der Waals surface area contributed by atoms with Crippen LogP contribution < -0.4 is 4.72 Å². The summed E-state index contributed by atoms with van der Waals surface area (Å²) in [6.07, 6.45) is -0.216. The van der Waals surface area contributed by atoms with E-state index in [1.54, 1.807) is 48.5 Å². The van der Waals surface area contributed by atoms with Crippen LogP contribution in [0.4, 0.5) is 4.39 Å². The van der Waals surface area contributed by atoms with Gasteiger partial charge in [0.2, 0.25) is 0 Å². The molecule has 0 aromatic carbocycles. The van der Waals surface area contributed by atoms with Gasteiger partial charge < -0.3 is 9.29 Å². The second kappa shape index (κ2) is 7.90. The van der Waals surface area contributed by atoms with Gasteiger partial charge in [-0.2, -0.15) is 0 Å². The third-order valence-corrected chi connectivity index (χ3v) is 5.32. The van der Waals surface area contributed by atoms with Crippen molar-refractivity contribution in [1.29, 1.82) is 0 Å². The molecule has 1 N–H and O–H groups in total. The molecule has 1 rings (SSSR count). The fraction of sp³-hybridized carbons (Fsp3) is 0.647. The molecule has 25 heavy (non-hydrogen) atoms. The Morgan fingerprint density at radius 1 is 1.28 bits per heavy atom. The van der Waals surface area contributed by atoms with E-state index in [9.17, 15) is 13.7 Å². The molecule has 1 heterocycles. The fourth-order valence-electron chi connectivity index (χ4n) is 2.00. The zero-order valence-electron chi connectivity index (χ0n) is 15.7. The Balaban J connectivity index is 3.26. The highest BCUT2D eigenvalue weighted by Gasteiger charge is 2.42. The van der Waals surface area contributed by atoms with Crippen molar-refractivity contribution in [3.63, 3.8) is 0 Å². The number of hydrogen-bond acceptors (Lipinski definition) is 5. The van der Waals surface area contributed by atoms with Crippen molar-refractivity contribution in [2.24, 2.45) is 0 Å². The maximum absolute atomic E-state index is 14.4. The lowest BCUT2D eigenvalue weighted by Gasteiger charge is -2.34. The van der Waals surface area contributed by atoms with Crippen LogP contribution in [0.2, 0.25) is 0 Å². The molecule has 0 amide bonds. The number of carbonyl (C=O) groups is 1. The molecule has 0 radical (unpaired) electrons. The van der Waals surface area contributed by atoms with Gasteiger partial charge in [-0.25, -0.2) is 9.37 Å². The summed E-state index contributed by atoms with van der Waals surface area (Å²) in [4.78, 5) is 16.5. The molecular formula is C17H26BrFN2O3S. The lowest BCUT2D eigenvalue weighted by atomic mass is 9.93. The highest BCUT2D eigenvalue weighted by atomic mass is 79.9. The second-order valence-electron chi connectivity index (χ2n) is 8.04. The van der Waals surface area contributed by atoms with Crippen molar-refractivity contribution < 1.29 is 18.5 Å². The SMILES string of the molecule is CC(C)(C)OC(=O)CC(C)(N[S+]([O-])C(C)(C)C)c1nc(Br)ccc1F. The number of esters is 1. The number of nitrogens with one attached hydrogen (secondary N) is 1. The first-order valence-electron chi connectivity index (χ1n) is 7.88. The van der Waals surface area contributed by atoms with E-state index in [1.165, 1.54) is 12.1 Å². The fourth-order valence-corrected chi connectivity index (χ4v) is 3.19. The van der Waals surface area contributed by atoms with Crippen LogP contribution in [0, 0.1) is 5.82 Å². The average molecular weight is 437 g/mol. The molecule has 1 aromatic rings. The van der Waals surface area contributed by atoms with Gasteiger partial charge in [0.05, 0.1) is 6.42 Å². The predicted molar refractivity (Wildman–Crippen MR) is 101 cm³/mol. The minimum atomic E-state index is -1.54. The van der Waals surface area contributed by atoms with Crippen LogP contribution >= 0.6 is 15.9 Å². The number of carbonyl (C=O) groups excluding carboxylic acids is 1. The molecule has 2 atom stereocenters. The predicted octanol–water partition coefficient (Wildman–Crippen LogP) is 3.98. The molecule has 8 heteroatoms. The van der Waals surface area contributed by atoms with Crippen LogP contribution in [-0.2, 0) is 26.4 Å². The van der Waals surface area contributed by atoms with E-state index >= 15 is 0 Å². The smallest absolute Gasteiger partial charge is 0.308 e. The summed E-state index contributed by atoms with van der Waals surface area (Å²) in [5, 5.41) is 0. The van der Waals surface area contributed by atoms with Gasteiger partial charge in [0, 0.05) is 11.4 Å². The quantitative estimate of drug-likeness (QED) is 0.429. The van der Waals surface area contributed by atoms with E-state index < -0.39 is 39.0 Å². The van der Waals surface area contributed by atoms with Crippen molar-refractivity contribution in [1.82, 2.24) is 9.71 Å². The first kappa shape index (κ1) is 22.3. The third kappa shape index (κ3) is 6.84. The molecule has 0 aliphatic carbocycles. The normalized spacial score (nSPS) is 16.2. The molecule has 0 saturated carbocycles. The van der Waals surface area contributed by atoms with Gasteiger partial charge in [-0.15, -0.1) is 4.72 Å². The zero-order valence-corrected chi connectivity index (χ0v) is 18.1. The first-order chi connectivity index (χ1) is 11.1. The Labute approximate surface area is 160 Å². The van der Waals surface area contributed by atoms with Crippen molar-refractivity contribution in [3.05, 3.63) is 28.2 Å². The van der Waals surface area contributed by atoms with Gasteiger partial charge in [-0.1, -0.05) is 0 Å². The van der Waals surface area contributed by atoms with Gasteiger partial charge in [0.15, 0.2) is 0 Å². The number of pyridine rings is 1. The number of halogens is 2. The number of rotatable bonds is 5. The van der Waals surface area contributed by atoms with E-state index in [1.807, 2.05) is 0 Å². The Bertz CT molecular complexity index is 631. The summed E-state index contributed by atoms with van der Waals surface area (Å²) in [6, 6.07) is 2.72. The van der Waals surface area contributed by atoms with E-state index in [-0.39, 0.29) is 12.1 Å². The van der Waals surface area contributed by atoms with Crippen molar-refractivity contribution in [3.8, 4) is 0 Å². The molecule has 0 fully saturated rings. The van der Waals surface area contributed by atoms with Crippen molar-refractivity contribution in [2.75, 3.05) is 0 Å². The molecule has 0 aliphatic heterocycles. The average Bonchev–Trinajstić information content (AvgIpc) is 2.37. The van der Waals surface area contributed by atoms with Gasteiger partial charge in [-0.05, 0) is 76.5 Å². The third-order valence-electron chi connectivity index (χ3n) is 3.13. The molecule has 2 unspecified atom stereocenters. The maximum atomic E-state index is 14.4. The van der Waals surface area contributed by atoms with Crippen LogP contribution in [0.25, 0.3) is 0 Å². The monoisotopic (exact) mass is 436 g/mol. The zero-order chi connectivity index (χ0) is 19.6. The Hall–Kier alpha value is -0.700. The standard InChI is InChI=1S/C17H26BrFN2O3S/c1-15(2,3)24-13(22)10-17(7,21-25(23)16(4,5)6)14-11(19)8-9-12(18)20-14/h8-9,21H,10H2,1-7H3. The molecule has 0 bridgehead atoms. The van der Waals surface area contributed by atoms with Crippen LogP contribution in [0.5, 0.6) is 0 Å². The van der Waals surface area contributed by atoms with Crippen molar-refractivity contribution >= 4 is 33.3 Å². The second-order valence-corrected chi connectivity index (χ2v) is 10.8.